The second-order valence-corrected chi connectivity index (χ2v) is 3.97. The molecule has 0 aliphatic rings. The zero-order valence-electron chi connectivity index (χ0n) is 9.73. The van der Waals surface area contributed by atoms with E-state index in [1.54, 1.807) is 4.68 Å². The summed E-state index contributed by atoms with van der Waals surface area (Å²) in [5.74, 6) is 0. The largest absolute Gasteiger partial charge is 0.401 e. The molecule has 0 radical (unpaired) electrons. The number of aryl methyl sites for hydroxylation is 2. The fourth-order valence-electron chi connectivity index (χ4n) is 1.51. The lowest BCUT2D eigenvalue weighted by atomic mass is 10.3. The molecule has 0 unspecified atom stereocenters. The number of halogens is 4. The van der Waals surface area contributed by atoms with Gasteiger partial charge in [0.05, 0.1) is 23.0 Å². The van der Waals surface area contributed by atoms with Gasteiger partial charge in [0.25, 0.3) is 0 Å². The molecule has 0 amide bonds. The van der Waals surface area contributed by atoms with Crippen LogP contribution in [0.4, 0.5) is 13.2 Å². The van der Waals surface area contributed by atoms with Gasteiger partial charge in [-0.05, 0) is 13.3 Å². The Morgan fingerprint density at radius 2 is 2.00 bits per heavy atom. The van der Waals surface area contributed by atoms with Crippen molar-refractivity contribution < 1.29 is 13.2 Å². The van der Waals surface area contributed by atoms with Gasteiger partial charge in [0.15, 0.2) is 0 Å². The summed E-state index contributed by atoms with van der Waals surface area (Å²) in [6.07, 6.45) is -3.55. The fraction of sp³-hybridized carbons (Fsp3) is 0.700. The van der Waals surface area contributed by atoms with Gasteiger partial charge in [-0.2, -0.15) is 18.3 Å². The SMILES string of the molecule is CCc1nn(CC)c(CNCC(F)(F)F)c1Cl. The maximum atomic E-state index is 12.0. The average Bonchev–Trinajstić information content (AvgIpc) is 2.54. The van der Waals surface area contributed by atoms with Crippen molar-refractivity contribution in [3.05, 3.63) is 16.4 Å². The van der Waals surface area contributed by atoms with Gasteiger partial charge in [0.2, 0.25) is 0 Å². The van der Waals surface area contributed by atoms with Gasteiger partial charge in [0, 0.05) is 13.1 Å². The smallest absolute Gasteiger partial charge is 0.303 e. The van der Waals surface area contributed by atoms with E-state index in [9.17, 15) is 13.2 Å². The van der Waals surface area contributed by atoms with Crippen LogP contribution < -0.4 is 5.32 Å². The van der Waals surface area contributed by atoms with Crippen LogP contribution in [-0.2, 0) is 19.5 Å². The Hall–Kier alpha value is -0.750. The standard InChI is InChI=1S/C10H15ClF3N3/c1-3-7-9(11)8(17(4-2)16-7)5-15-6-10(12,13)14/h15H,3-6H2,1-2H3. The first-order valence-electron chi connectivity index (χ1n) is 5.40. The summed E-state index contributed by atoms with van der Waals surface area (Å²) in [5.41, 5.74) is 1.33. The molecule has 0 spiro atoms. The third-order valence-electron chi connectivity index (χ3n) is 2.31. The Balaban J connectivity index is 2.72. The first-order chi connectivity index (χ1) is 7.89. The summed E-state index contributed by atoms with van der Waals surface area (Å²) in [6.45, 7) is 3.40. The molecule has 1 N–H and O–H groups in total. The number of aromatic nitrogens is 2. The van der Waals surface area contributed by atoms with Crippen molar-refractivity contribution in [1.29, 1.82) is 0 Å². The summed E-state index contributed by atoms with van der Waals surface area (Å²) >= 11 is 6.05. The number of hydrogen-bond donors (Lipinski definition) is 1. The van der Waals surface area contributed by atoms with Gasteiger partial charge in [-0.25, -0.2) is 0 Å². The molecule has 1 heterocycles. The van der Waals surface area contributed by atoms with E-state index in [2.05, 4.69) is 10.4 Å². The highest BCUT2D eigenvalue weighted by Gasteiger charge is 2.26. The minimum Gasteiger partial charge on any atom is -0.303 e. The van der Waals surface area contributed by atoms with E-state index >= 15 is 0 Å². The van der Waals surface area contributed by atoms with Crippen LogP contribution in [0.1, 0.15) is 25.2 Å². The van der Waals surface area contributed by atoms with Gasteiger partial charge >= 0.3 is 6.18 Å². The second-order valence-electron chi connectivity index (χ2n) is 3.60. The van der Waals surface area contributed by atoms with Crippen LogP contribution in [0.5, 0.6) is 0 Å². The van der Waals surface area contributed by atoms with Gasteiger partial charge in [-0.15, -0.1) is 0 Å². The Labute approximate surface area is 103 Å². The summed E-state index contributed by atoms with van der Waals surface area (Å²) < 4.78 is 37.6. The number of nitrogens with zero attached hydrogens (tertiary/aromatic N) is 2. The molecule has 0 fully saturated rings. The molecule has 1 aromatic heterocycles. The van der Waals surface area contributed by atoms with Crippen LogP contribution in [0.3, 0.4) is 0 Å². The van der Waals surface area contributed by atoms with Crippen molar-refractivity contribution in [1.82, 2.24) is 15.1 Å². The van der Waals surface area contributed by atoms with Crippen LogP contribution >= 0.6 is 11.6 Å². The molecule has 0 saturated carbocycles. The molecule has 0 saturated heterocycles. The highest BCUT2D eigenvalue weighted by molar-refractivity contribution is 6.31. The quantitative estimate of drug-likeness (QED) is 0.891. The van der Waals surface area contributed by atoms with E-state index in [-0.39, 0.29) is 6.54 Å². The van der Waals surface area contributed by atoms with Crippen molar-refractivity contribution in [2.24, 2.45) is 0 Å². The Kier molecular flexibility index (Phi) is 4.82. The summed E-state index contributed by atoms with van der Waals surface area (Å²) in [7, 11) is 0. The summed E-state index contributed by atoms with van der Waals surface area (Å²) in [5, 5.41) is 7.01. The van der Waals surface area contributed by atoms with E-state index in [4.69, 9.17) is 11.6 Å². The minimum absolute atomic E-state index is 0.0686. The number of hydrogen-bond acceptors (Lipinski definition) is 2. The van der Waals surface area contributed by atoms with E-state index in [1.807, 2.05) is 13.8 Å². The molecule has 0 aliphatic heterocycles. The molecule has 17 heavy (non-hydrogen) atoms. The topological polar surface area (TPSA) is 29.9 Å². The van der Waals surface area contributed by atoms with Crippen molar-refractivity contribution in [2.75, 3.05) is 6.54 Å². The van der Waals surface area contributed by atoms with E-state index in [0.717, 1.165) is 5.69 Å². The Bertz CT molecular complexity index is 374. The molecule has 1 aromatic rings. The van der Waals surface area contributed by atoms with Gasteiger partial charge in [0.1, 0.15) is 0 Å². The van der Waals surface area contributed by atoms with E-state index < -0.39 is 12.7 Å². The normalized spacial score (nSPS) is 12.1. The molecule has 7 heteroatoms. The minimum atomic E-state index is -4.21. The van der Waals surface area contributed by atoms with Gasteiger partial charge < -0.3 is 5.32 Å². The van der Waals surface area contributed by atoms with E-state index in [0.29, 0.717) is 23.7 Å². The van der Waals surface area contributed by atoms with Crippen molar-refractivity contribution in [2.45, 2.75) is 39.5 Å². The van der Waals surface area contributed by atoms with Crippen LogP contribution in [0.25, 0.3) is 0 Å². The average molecular weight is 270 g/mol. The van der Waals surface area contributed by atoms with E-state index in [1.165, 1.54) is 0 Å². The molecule has 3 nitrogen and oxygen atoms in total. The first-order valence-corrected chi connectivity index (χ1v) is 5.78. The van der Waals surface area contributed by atoms with Crippen LogP contribution in [0, 0.1) is 0 Å². The molecule has 0 aliphatic carbocycles. The van der Waals surface area contributed by atoms with Crippen molar-refractivity contribution in [3.8, 4) is 0 Å². The third-order valence-corrected chi connectivity index (χ3v) is 2.75. The second kappa shape index (κ2) is 5.73. The predicted molar refractivity (Wildman–Crippen MR) is 60.1 cm³/mol. The summed E-state index contributed by atoms with van der Waals surface area (Å²) in [6, 6.07) is 0. The van der Waals surface area contributed by atoms with Crippen LogP contribution in [-0.4, -0.2) is 22.5 Å². The maximum Gasteiger partial charge on any atom is 0.401 e. The molecule has 98 valence electrons. The molecule has 0 atom stereocenters. The lowest BCUT2D eigenvalue weighted by Crippen LogP contribution is -2.29. The Morgan fingerprint density at radius 3 is 2.47 bits per heavy atom. The lowest BCUT2D eigenvalue weighted by molar-refractivity contribution is -0.125. The highest BCUT2D eigenvalue weighted by Crippen LogP contribution is 2.22. The molecule has 0 bridgehead atoms. The molecular weight excluding hydrogens is 255 g/mol. The zero-order chi connectivity index (χ0) is 13.1. The monoisotopic (exact) mass is 269 g/mol. The van der Waals surface area contributed by atoms with Crippen molar-refractivity contribution >= 4 is 11.6 Å². The molecular formula is C10H15ClF3N3. The maximum absolute atomic E-state index is 12.0. The highest BCUT2D eigenvalue weighted by atomic mass is 35.5. The fourth-order valence-corrected chi connectivity index (χ4v) is 1.84. The third kappa shape index (κ3) is 3.89. The van der Waals surface area contributed by atoms with Crippen LogP contribution in [0.2, 0.25) is 5.02 Å². The Morgan fingerprint density at radius 1 is 1.35 bits per heavy atom. The lowest BCUT2D eigenvalue weighted by Gasteiger charge is -2.09. The number of rotatable bonds is 5. The van der Waals surface area contributed by atoms with Crippen LogP contribution in [0.15, 0.2) is 0 Å². The number of alkyl halides is 3. The number of nitrogens with one attached hydrogen (secondary N) is 1. The van der Waals surface area contributed by atoms with Crippen molar-refractivity contribution in [3.63, 3.8) is 0 Å². The zero-order valence-corrected chi connectivity index (χ0v) is 10.5. The summed E-state index contributed by atoms with van der Waals surface area (Å²) in [4.78, 5) is 0. The predicted octanol–water partition coefficient (Wildman–Crippen LogP) is 2.77. The first kappa shape index (κ1) is 14.3. The molecule has 0 aromatic carbocycles. The van der Waals surface area contributed by atoms with Gasteiger partial charge in [-0.1, -0.05) is 18.5 Å². The van der Waals surface area contributed by atoms with Gasteiger partial charge in [-0.3, -0.25) is 4.68 Å². The molecule has 1 rings (SSSR count).